The van der Waals surface area contributed by atoms with Crippen LogP contribution in [-0.4, -0.2) is 19.5 Å². The highest BCUT2D eigenvalue weighted by Gasteiger charge is 2.21. The van der Waals surface area contributed by atoms with Gasteiger partial charge in [-0.05, 0) is 91.8 Å². The van der Waals surface area contributed by atoms with Crippen LogP contribution in [-0.2, 0) is 0 Å². The molecule has 2 aromatic heterocycles. The van der Waals surface area contributed by atoms with Crippen molar-refractivity contribution in [2.24, 2.45) is 0 Å². The first-order valence-electron chi connectivity index (χ1n) is 19.0. The van der Waals surface area contributed by atoms with E-state index >= 15 is 0 Å². The summed E-state index contributed by atoms with van der Waals surface area (Å²) >= 11 is 0. The SMILES string of the molecule is Cc1ccc(-c2ccc3c(c2)c2ccccc2c2cc4c5cc(-c6ccccc6)ccc5n(-c5nc(-c6ccccc6)nc(-c6ccccc6)n5)c4cc32)cc1. The van der Waals surface area contributed by atoms with E-state index in [1.54, 1.807) is 0 Å². The first kappa shape index (κ1) is 32.0. The number of aromatic nitrogens is 4. The summed E-state index contributed by atoms with van der Waals surface area (Å²) in [6, 6.07) is 67.0. The number of hydrogen-bond donors (Lipinski definition) is 0. The van der Waals surface area contributed by atoms with Crippen LogP contribution >= 0.6 is 0 Å². The van der Waals surface area contributed by atoms with E-state index in [0.717, 1.165) is 38.5 Å². The van der Waals surface area contributed by atoms with Crippen molar-refractivity contribution in [1.82, 2.24) is 19.5 Å². The first-order valence-corrected chi connectivity index (χ1v) is 19.0. The molecule has 9 aromatic carbocycles. The molecule has 0 atom stereocenters. The molecule has 56 heavy (non-hydrogen) atoms. The van der Waals surface area contributed by atoms with Crippen molar-refractivity contribution in [3.63, 3.8) is 0 Å². The molecule has 4 heteroatoms. The highest BCUT2D eigenvalue weighted by atomic mass is 15.2. The Balaban J connectivity index is 1.26. The van der Waals surface area contributed by atoms with Crippen LogP contribution in [0.25, 0.3) is 105 Å². The van der Waals surface area contributed by atoms with Crippen LogP contribution in [0, 0.1) is 6.92 Å². The Kier molecular flexibility index (Phi) is 7.36. The van der Waals surface area contributed by atoms with Gasteiger partial charge in [0, 0.05) is 21.9 Å². The second-order valence-electron chi connectivity index (χ2n) is 14.5. The van der Waals surface area contributed by atoms with Crippen molar-refractivity contribution in [3.8, 4) is 51.0 Å². The van der Waals surface area contributed by atoms with Crippen molar-refractivity contribution in [1.29, 1.82) is 0 Å². The lowest BCUT2D eigenvalue weighted by Gasteiger charge is -2.14. The molecule has 0 spiro atoms. The molecule has 2 heterocycles. The Morgan fingerprint density at radius 3 is 1.38 bits per heavy atom. The minimum absolute atomic E-state index is 0.580. The van der Waals surface area contributed by atoms with Crippen LogP contribution in [0.5, 0.6) is 0 Å². The topological polar surface area (TPSA) is 43.6 Å². The summed E-state index contributed by atoms with van der Waals surface area (Å²) < 4.78 is 2.24. The number of aryl methyl sites for hydroxylation is 1. The minimum Gasteiger partial charge on any atom is -0.278 e. The molecule has 0 bridgehead atoms. The van der Waals surface area contributed by atoms with E-state index in [4.69, 9.17) is 15.0 Å². The number of nitrogens with zero attached hydrogens (tertiary/aromatic N) is 4. The standard InChI is InChI=1S/C52H34N4/c1-33-21-23-35(24-22-33)38-25-27-42-43(29-38)40-19-11-12-20-41(40)44-31-47-46-30-39(34-13-5-2-6-14-34)26-28-48(46)56(49(47)32-45(42)44)52-54-50(36-15-7-3-8-16-36)53-51(55-52)37-17-9-4-10-18-37/h2-32H,1H3. The fourth-order valence-electron chi connectivity index (χ4n) is 8.31. The van der Waals surface area contributed by atoms with Gasteiger partial charge in [0.1, 0.15) is 0 Å². The summed E-state index contributed by atoms with van der Waals surface area (Å²) in [6.45, 7) is 2.13. The van der Waals surface area contributed by atoms with Gasteiger partial charge in [-0.3, -0.25) is 4.57 Å². The molecule has 11 rings (SSSR count). The predicted octanol–water partition coefficient (Wildman–Crippen LogP) is 13.4. The van der Waals surface area contributed by atoms with Gasteiger partial charge in [0.05, 0.1) is 11.0 Å². The minimum atomic E-state index is 0.580. The molecular weight excluding hydrogens is 681 g/mol. The summed E-state index contributed by atoms with van der Waals surface area (Å²) in [5.41, 5.74) is 9.97. The molecule has 0 saturated carbocycles. The van der Waals surface area contributed by atoms with Gasteiger partial charge in [-0.25, -0.2) is 4.98 Å². The van der Waals surface area contributed by atoms with Gasteiger partial charge in [-0.1, -0.05) is 163 Å². The Morgan fingerprint density at radius 2 is 0.750 bits per heavy atom. The van der Waals surface area contributed by atoms with Crippen LogP contribution in [0.3, 0.4) is 0 Å². The molecule has 0 radical (unpaired) electrons. The van der Waals surface area contributed by atoms with Crippen LogP contribution in [0.1, 0.15) is 5.56 Å². The van der Waals surface area contributed by atoms with Gasteiger partial charge >= 0.3 is 0 Å². The van der Waals surface area contributed by atoms with Crippen molar-refractivity contribution in [2.75, 3.05) is 0 Å². The van der Waals surface area contributed by atoms with Crippen molar-refractivity contribution >= 4 is 54.1 Å². The van der Waals surface area contributed by atoms with Gasteiger partial charge in [0.15, 0.2) is 11.6 Å². The molecule has 0 aliphatic carbocycles. The molecule has 0 fully saturated rings. The molecule has 0 aliphatic rings. The fourth-order valence-corrected chi connectivity index (χ4v) is 8.31. The van der Waals surface area contributed by atoms with Crippen molar-refractivity contribution in [2.45, 2.75) is 6.92 Å². The van der Waals surface area contributed by atoms with Crippen molar-refractivity contribution < 1.29 is 0 Å². The van der Waals surface area contributed by atoms with E-state index in [-0.39, 0.29) is 0 Å². The highest BCUT2D eigenvalue weighted by Crippen LogP contribution is 2.42. The average Bonchev–Trinajstić information content (AvgIpc) is 3.59. The monoisotopic (exact) mass is 714 g/mol. The quantitative estimate of drug-likeness (QED) is 0.167. The van der Waals surface area contributed by atoms with Gasteiger partial charge in [0.2, 0.25) is 5.95 Å². The van der Waals surface area contributed by atoms with E-state index in [0.29, 0.717) is 17.6 Å². The van der Waals surface area contributed by atoms with Gasteiger partial charge in [-0.15, -0.1) is 0 Å². The molecule has 0 aliphatic heterocycles. The lowest BCUT2D eigenvalue weighted by atomic mass is 9.91. The normalized spacial score (nSPS) is 11.7. The van der Waals surface area contributed by atoms with Gasteiger partial charge in [-0.2, -0.15) is 9.97 Å². The molecule has 0 amide bonds. The Bertz CT molecular complexity index is 3220. The molecule has 0 N–H and O–H groups in total. The summed E-state index contributed by atoms with van der Waals surface area (Å²) in [5.74, 6) is 1.84. The third-order valence-electron chi connectivity index (χ3n) is 11.1. The maximum Gasteiger partial charge on any atom is 0.238 e. The number of rotatable bonds is 5. The third-order valence-corrected chi connectivity index (χ3v) is 11.1. The summed E-state index contributed by atoms with van der Waals surface area (Å²) in [5, 5.41) is 9.62. The molecule has 4 nitrogen and oxygen atoms in total. The van der Waals surface area contributed by atoms with Crippen LogP contribution in [0.4, 0.5) is 0 Å². The fraction of sp³-hybridized carbons (Fsp3) is 0.0192. The Hall–Kier alpha value is -7.43. The second-order valence-corrected chi connectivity index (χ2v) is 14.5. The molecule has 262 valence electrons. The number of fused-ring (bicyclic) bond motifs is 9. The zero-order chi connectivity index (χ0) is 37.2. The zero-order valence-electron chi connectivity index (χ0n) is 30.7. The van der Waals surface area contributed by atoms with Gasteiger partial charge in [0.25, 0.3) is 0 Å². The molecule has 11 aromatic rings. The highest BCUT2D eigenvalue weighted by molar-refractivity contribution is 6.29. The van der Waals surface area contributed by atoms with E-state index in [1.807, 2.05) is 36.4 Å². The lowest BCUT2D eigenvalue weighted by molar-refractivity contribution is 0.954. The Morgan fingerprint density at radius 1 is 0.304 bits per heavy atom. The van der Waals surface area contributed by atoms with E-state index < -0.39 is 0 Å². The summed E-state index contributed by atoms with van der Waals surface area (Å²) in [6.07, 6.45) is 0. The third kappa shape index (κ3) is 5.26. The summed E-state index contributed by atoms with van der Waals surface area (Å²) in [7, 11) is 0. The largest absolute Gasteiger partial charge is 0.278 e. The summed E-state index contributed by atoms with van der Waals surface area (Å²) in [4.78, 5) is 15.5. The second kappa shape index (κ2) is 12.9. The van der Waals surface area contributed by atoms with Crippen LogP contribution in [0.15, 0.2) is 188 Å². The first-order chi connectivity index (χ1) is 27.7. The molecule has 0 saturated heterocycles. The van der Waals surface area contributed by atoms with E-state index in [1.165, 1.54) is 54.6 Å². The average molecular weight is 715 g/mol. The van der Waals surface area contributed by atoms with E-state index in [9.17, 15) is 0 Å². The smallest absolute Gasteiger partial charge is 0.238 e. The maximum atomic E-state index is 5.24. The van der Waals surface area contributed by atoms with Crippen LogP contribution in [0.2, 0.25) is 0 Å². The number of benzene rings is 9. The Labute approximate surface area is 324 Å². The maximum absolute atomic E-state index is 5.24. The van der Waals surface area contributed by atoms with Crippen LogP contribution < -0.4 is 0 Å². The van der Waals surface area contributed by atoms with Gasteiger partial charge < -0.3 is 0 Å². The zero-order valence-corrected chi connectivity index (χ0v) is 30.7. The van der Waals surface area contributed by atoms with E-state index in [2.05, 4.69) is 163 Å². The predicted molar refractivity (Wildman–Crippen MR) is 233 cm³/mol. The molecule has 0 unspecified atom stereocenters. The lowest BCUT2D eigenvalue weighted by Crippen LogP contribution is -2.06. The molecular formula is C52H34N4. The number of hydrogen-bond acceptors (Lipinski definition) is 3. The van der Waals surface area contributed by atoms with Crippen molar-refractivity contribution in [3.05, 3.63) is 194 Å².